The van der Waals surface area contributed by atoms with Crippen molar-refractivity contribution in [3.63, 3.8) is 0 Å². The molecule has 0 saturated heterocycles. The van der Waals surface area contributed by atoms with Crippen LogP contribution in [0.4, 0.5) is 0 Å². The second-order valence-electron chi connectivity index (χ2n) is 5.10. The first-order chi connectivity index (χ1) is 11.8. The van der Waals surface area contributed by atoms with Crippen LogP contribution in [-0.4, -0.2) is 18.7 Å². The van der Waals surface area contributed by atoms with Gasteiger partial charge in [-0.3, -0.25) is 0 Å². The van der Waals surface area contributed by atoms with E-state index in [4.69, 9.17) is 9.47 Å². The van der Waals surface area contributed by atoms with Crippen LogP contribution in [0.2, 0.25) is 0 Å². The van der Waals surface area contributed by atoms with E-state index in [-0.39, 0.29) is 0 Å². The lowest BCUT2D eigenvalue weighted by atomic mass is 10.1. The third-order valence-electron chi connectivity index (χ3n) is 3.53. The van der Waals surface area contributed by atoms with Crippen molar-refractivity contribution < 1.29 is 9.47 Å². The molecule has 24 heavy (non-hydrogen) atoms. The SMILES string of the molecule is CCOc1ccccc1C=Cc1nc(-c2ccc(OC)cc2)cs1. The predicted octanol–water partition coefficient (Wildman–Crippen LogP) is 5.39. The summed E-state index contributed by atoms with van der Waals surface area (Å²) in [7, 11) is 1.67. The van der Waals surface area contributed by atoms with E-state index in [9.17, 15) is 0 Å². The average molecular weight is 337 g/mol. The van der Waals surface area contributed by atoms with Gasteiger partial charge in [-0.15, -0.1) is 11.3 Å². The molecule has 0 fully saturated rings. The highest BCUT2D eigenvalue weighted by Crippen LogP contribution is 2.26. The van der Waals surface area contributed by atoms with Gasteiger partial charge in [0.1, 0.15) is 16.5 Å². The predicted molar refractivity (Wildman–Crippen MR) is 101 cm³/mol. The second-order valence-corrected chi connectivity index (χ2v) is 5.99. The summed E-state index contributed by atoms with van der Waals surface area (Å²) >= 11 is 1.62. The molecule has 1 aromatic heterocycles. The molecule has 0 aliphatic rings. The molecule has 0 spiro atoms. The topological polar surface area (TPSA) is 31.4 Å². The number of rotatable bonds is 6. The normalized spacial score (nSPS) is 10.9. The van der Waals surface area contributed by atoms with Crippen molar-refractivity contribution in [2.75, 3.05) is 13.7 Å². The van der Waals surface area contributed by atoms with E-state index >= 15 is 0 Å². The highest BCUT2D eigenvalue weighted by atomic mass is 32.1. The Kier molecular flexibility index (Phi) is 5.29. The maximum absolute atomic E-state index is 5.64. The number of hydrogen-bond acceptors (Lipinski definition) is 4. The highest BCUT2D eigenvalue weighted by molar-refractivity contribution is 7.10. The third kappa shape index (κ3) is 3.84. The standard InChI is InChI=1S/C20H19NO2S/c1-3-23-19-7-5-4-6-16(19)10-13-20-21-18(14-24-20)15-8-11-17(22-2)12-9-15/h4-14H,3H2,1-2H3. The molecule has 0 aliphatic carbocycles. The number of aromatic nitrogens is 1. The molecule has 3 nitrogen and oxygen atoms in total. The quantitative estimate of drug-likeness (QED) is 0.604. The van der Waals surface area contributed by atoms with Crippen LogP contribution >= 0.6 is 11.3 Å². The van der Waals surface area contributed by atoms with Crippen LogP contribution in [-0.2, 0) is 0 Å². The van der Waals surface area contributed by atoms with Crippen LogP contribution in [0.25, 0.3) is 23.4 Å². The molecule has 0 atom stereocenters. The highest BCUT2D eigenvalue weighted by Gasteiger charge is 2.04. The number of para-hydroxylation sites is 1. The molecule has 0 amide bonds. The minimum atomic E-state index is 0.656. The summed E-state index contributed by atoms with van der Waals surface area (Å²) in [6.07, 6.45) is 4.07. The van der Waals surface area contributed by atoms with Crippen molar-refractivity contribution in [1.29, 1.82) is 0 Å². The lowest BCUT2D eigenvalue weighted by Gasteiger charge is -2.05. The Morgan fingerprint density at radius 2 is 1.83 bits per heavy atom. The summed E-state index contributed by atoms with van der Waals surface area (Å²) in [6.45, 7) is 2.65. The van der Waals surface area contributed by atoms with Gasteiger partial charge in [0.05, 0.1) is 19.4 Å². The zero-order valence-corrected chi connectivity index (χ0v) is 14.5. The van der Waals surface area contributed by atoms with Crippen LogP contribution in [0.3, 0.4) is 0 Å². The van der Waals surface area contributed by atoms with Crippen molar-refractivity contribution in [2.45, 2.75) is 6.92 Å². The number of hydrogen-bond donors (Lipinski definition) is 0. The molecule has 4 heteroatoms. The Morgan fingerprint density at radius 1 is 1.04 bits per heavy atom. The van der Waals surface area contributed by atoms with Gasteiger partial charge < -0.3 is 9.47 Å². The van der Waals surface area contributed by atoms with Crippen molar-refractivity contribution in [3.05, 3.63) is 64.5 Å². The Balaban J connectivity index is 1.78. The fourth-order valence-electron chi connectivity index (χ4n) is 2.32. The minimum absolute atomic E-state index is 0.656. The summed E-state index contributed by atoms with van der Waals surface area (Å²) in [5.41, 5.74) is 3.11. The first-order valence-electron chi connectivity index (χ1n) is 7.80. The van der Waals surface area contributed by atoms with E-state index in [1.54, 1.807) is 18.4 Å². The van der Waals surface area contributed by atoms with E-state index in [1.807, 2.05) is 67.6 Å². The Labute approximate surface area is 146 Å². The first kappa shape index (κ1) is 16.3. The van der Waals surface area contributed by atoms with Crippen molar-refractivity contribution in [2.24, 2.45) is 0 Å². The number of benzene rings is 2. The minimum Gasteiger partial charge on any atom is -0.497 e. The molecular formula is C20H19NO2S. The molecule has 0 unspecified atom stereocenters. The van der Waals surface area contributed by atoms with Crippen molar-refractivity contribution in [3.8, 4) is 22.8 Å². The van der Waals surface area contributed by atoms with Gasteiger partial charge in [0.2, 0.25) is 0 Å². The van der Waals surface area contributed by atoms with Crippen LogP contribution in [0, 0.1) is 0 Å². The van der Waals surface area contributed by atoms with E-state index in [1.165, 1.54) is 0 Å². The molecule has 0 radical (unpaired) electrons. The molecule has 3 rings (SSSR count). The van der Waals surface area contributed by atoms with Gasteiger partial charge in [0.25, 0.3) is 0 Å². The van der Waals surface area contributed by atoms with Gasteiger partial charge in [-0.05, 0) is 49.4 Å². The van der Waals surface area contributed by atoms with Gasteiger partial charge in [0, 0.05) is 16.5 Å². The second kappa shape index (κ2) is 7.79. The van der Waals surface area contributed by atoms with E-state index in [0.717, 1.165) is 33.3 Å². The molecule has 3 aromatic rings. The largest absolute Gasteiger partial charge is 0.497 e. The Bertz CT molecular complexity index is 822. The average Bonchev–Trinajstić information content (AvgIpc) is 3.10. The summed E-state index contributed by atoms with van der Waals surface area (Å²) in [6, 6.07) is 15.9. The van der Waals surface area contributed by atoms with Gasteiger partial charge in [0.15, 0.2) is 0 Å². The zero-order chi connectivity index (χ0) is 16.8. The molecule has 0 N–H and O–H groups in total. The Hall–Kier alpha value is -2.59. The van der Waals surface area contributed by atoms with Crippen LogP contribution in [0.5, 0.6) is 11.5 Å². The monoisotopic (exact) mass is 337 g/mol. The zero-order valence-electron chi connectivity index (χ0n) is 13.7. The van der Waals surface area contributed by atoms with E-state index in [0.29, 0.717) is 6.61 Å². The van der Waals surface area contributed by atoms with Gasteiger partial charge in [-0.1, -0.05) is 18.2 Å². The molecule has 0 saturated carbocycles. The fraction of sp³-hybridized carbons (Fsp3) is 0.150. The third-order valence-corrected chi connectivity index (χ3v) is 4.34. The number of ether oxygens (including phenoxy) is 2. The van der Waals surface area contributed by atoms with E-state index in [2.05, 4.69) is 10.4 Å². The summed E-state index contributed by atoms with van der Waals surface area (Å²) in [5.74, 6) is 1.74. The van der Waals surface area contributed by atoms with Gasteiger partial charge in [-0.25, -0.2) is 4.98 Å². The number of thiazole rings is 1. The molecular weight excluding hydrogens is 318 g/mol. The van der Waals surface area contributed by atoms with Crippen LogP contribution in [0.15, 0.2) is 53.9 Å². The first-order valence-corrected chi connectivity index (χ1v) is 8.68. The molecule has 1 heterocycles. The van der Waals surface area contributed by atoms with Gasteiger partial charge >= 0.3 is 0 Å². The lowest BCUT2D eigenvalue weighted by Crippen LogP contribution is -1.92. The van der Waals surface area contributed by atoms with Crippen LogP contribution < -0.4 is 9.47 Å². The molecule has 0 aliphatic heterocycles. The maximum atomic E-state index is 5.64. The Morgan fingerprint density at radius 3 is 2.58 bits per heavy atom. The fourth-order valence-corrected chi connectivity index (χ4v) is 3.04. The maximum Gasteiger partial charge on any atom is 0.126 e. The number of methoxy groups -OCH3 is 1. The lowest BCUT2D eigenvalue weighted by molar-refractivity contribution is 0.339. The summed E-state index contributed by atoms with van der Waals surface area (Å²) in [5, 5.41) is 3.03. The van der Waals surface area contributed by atoms with E-state index < -0.39 is 0 Å². The molecule has 0 bridgehead atoms. The van der Waals surface area contributed by atoms with Crippen molar-refractivity contribution in [1.82, 2.24) is 4.98 Å². The van der Waals surface area contributed by atoms with Crippen molar-refractivity contribution >= 4 is 23.5 Å². The molecule has 2 aromatic carbocycles. The summed E-state index contributed by atoms with van der Waals surface area (Å²) in [4.78, 5) is 4.68. The number of nitrogens with zero attached hydrogens (tertiary/aromatic N) is 1. The molecule has 122 valence electrons. The summed E-state index contributed by atoms with van der Waals surface area (Å²) < 4.78 is 10.8. The van der Waals surface area contributed by atoms with Crippen LogP contribution in [0.1, 0.15) is 17.5 Å². The smallest absolute Gasteiger partial charge is 0.126 e. The van der Waals surface area contributed by atoms with Gasteiger partial charge in [-0.2, -0.15) is 0 Å².